The number of ether oxygens (including phenoxy) is 2. The molecule has 3 aromatic rings. The first-order valence-electron chi connectivity index (χ1n) is 8.52. The van der Waals surface area contributed by atoms with Gasteiger partial charge in [0.05, 0.1) is 7.11 Å². The molecule has 28 heavy (non-hydrogen) atoms. The number of hydrogen-bond acceptors (Lipinski definition) is 7. The molecule has 0 saturated carbocycles. The van der Waals surface area contributed by atoms with Crippen molar-refractivity contribution in [2.24, 2.45) is 0 Å². The van der Waals surface area contributed by atoms with Crippen molar-refractivity contribution in [2.45, 2.75) is 30.9 Å². The van der Waals surface area contributed by atoms with Crippen molar-refractivity contribution in [3.63, 3.8) is 0 Å². The van der Waals surface area contributed by atoms with Crippen LogP contribution in [0.5, 0.6) is 11.5 Å². The first-order valence-corrected chi connectivity index (χ1v) is 9.51. The molecule has 146 valence electrons. The Hall–Kier alpha value is -2.87. The van der Waals surface area contributed by atoms with Crippen molar-refractivity contribution >= 4 is 17.5 Å². The Morgan fingerprint density at radius 3 is 2.64 bits per heavy atom. The number of hydrogen-bond donors (Lipinski definition) is 0. The summed E-state index contributed by atoms with van der Waals surface area (Å²) in [4.78, 5) is 11.6. The first-order chi connectivity index (χ1) is 13.5. The lowest BCUT2D eigenvalue weighted by Crippen LogP contribution is -2.03. The van der Waals surface area contributed by atoms with E-state index in [0.29, 0.717) is 33.9 Å². The van der Waals surface area contributed by atoms with Gasteiger partial charge in [-0.15, -0.1) is 10.2 Å². The number of aromatic nitrogens is 2. The second-order valence-corrected chi connectivity index (χ2v) is 6.92. The molecule has 0 unspecified atom stereocenters. The number of carbonyl (C=O) groups is 1. The highest BCUT2D eigenvalue weighted by Gasteiger charge is 2.17. The van der Waals surface area contributed by atoms with Gasteiger partial charge in [0.25, 0.3) is 11.1 Å². The van der Waals surface area contributed by atoms with Gasteiger partial charge in [-0.05, 0) is 56.3 Å². The molecule has 6 nitrogen and oxygen atoms in total. The second-order valence-electron chi connectivity index (χ2n) is 5.99. The average molecular weight is 402 g/mol. The third-order valence-corrected chi connectivity index (χ3v) is 4.80. The summed E-state index contributed by atoms with van der Waals surface area (Å²) in [5, 5.41) is 8.40. The minimum absolute atomic E-state index is 0.0132. The lowest BCUT2D eigenvalue weighted by atomic mass is 10.1. The summed E-state index contributed by atoms with van der Waals surface area (Å²) in [5.74, 6) is 1.66. The Bertz CT molecular complexity index is 959. The largest absolute Gasteiger partial charge is 0.496 e. The monoisotopic (exact) mass is 402 g/mol. The zero-order chi connectivity index (χ0) is 20.1. The van der Waals surface area contributed by atoms with Gasteiger partial charge in [0, 0.05) is 16.9 Å². The van der Waals surface area contributed by atoms with Gasteiger partial charge >= 0.3 is 0 Å². The number of Topliss-reactive ketones (excluding diaryl/α,β-unsaturated/α-hetero) is 1. The molecule has 1 heterocycles. The van der Waals surface area contributed by atoms with Gasteiger partial charge in [-0.2, -0.15) is 0 Å². The summed E-state index contributed by atoms with van der Waals surface area (Å²) in [6, 6.07) is 11.0. The van der Waals surface area contributed by atoms with E-state index in [9.17, 15) is 9.18 Å². The van der Waals surface area contributed by atoms with E-state index in [4.69, 9.17) is 13.9 Å². The van der Waals surface area contributed by atoms with Crippen LogP contribution in [-0.2, 0) is 5.75 Å². The standard InChI is InChI=1S/C20H19FN2O4S/c1-12(24)14-4-9-18(25-3)15(10-14)11-28-20-23-22-19(27-20)13(2)26-17-7-5-16(21)6-8-17/h4-10,13H,11H2,1-3H3/t13-/m0/s1. The fraction of sp³-hybridized carbons (Fsp3) is 0.250. The normalized spacial score (nSPS) is 11.9. The highest BCUT2D eigenvalue weighted by atomic mass is 32.2. The summed E-state index contributed by atoms with van der Waals surface area (Å²) >= 11 is 1.33. The van der Waals surface area contributed by atoms with Crippen molar-refractivity contribution in [1.82, 2.24) is 10.2 Å². The van der Waals surface area contributed by atoms with E-state index in [1.54, 1.807) is 32.2 Å². The van der Waals surface area contributed by atoms with Gasteiger partial charge in [-0.3, -0.25) is 4.79 Å². The van der Waals surface area contributed by atoms with Gasteiger partial charge in [0.2, 0.25) is 0 Å². The van der Waals surface area contributed by atoms with E-state index < -0.39 is 6.10 Å². The number of halogens is 1. The Morgan fingerprint density at radius 1 is 1.21 bits per heavy atom. The van der Waals surface area contributed by atoms with Gasteiger partial charge in [0.15, 0.2) is 11.9 Å². The van der Waals surface area contributed by atoms with Crippen LogP contribution in [-0.4, -0.2) is 23.1 Å². The number of carbonyl (C=O) groups excluding carboxylic acids is 1. The van der Waals surface area contributed by atoms with Crippen LogP contribution in [0.15, 0.2) is 52.1 Å². The molecule has 1 atom stereocenters. The topological polar surface area (TPSA) is 74.5 Å². The van der Waals surface area contributed by atoms with Crippen molar-refractivity contribution in [2.75, 3.05) is 7.11 Å². The van der Waals surface area contributed by atoms with Crippen LogP contribution in [0.2, 0.25) is 0 Å². The van der Waals surface area contributed by atoms with Gasteiger partial charge in [-0.1, -0.05) is 11.8 Å². The number of rotatable bonds is 8. The van der Waals surface area contributed by atoms with E-state index in [1.165, 1.54) is 43.0 Å². The quantitative estimate of drug-likeness (QED) is 0.394. The molecule has 0 N–H and O–H groups in total. The Balaban J connectivity index is 1.65. The lowest BCUT2D eigenvalue weighted by molar-refractivity contribution is 0.101. The fourth-order valence-electron chi connectivity index (χ4n) is 2.46. The molecule has 0 saturated heterocycles. The highest BCUT2D eigenvalue weighted by Crippen LogP contribution is 2.30. The third kappa shape index (κ3) is 4.89. The van der Waals surface area contributed by atoms with E-state index in [2.05, 4.69) is 10.2 Å². The van der Waals surface area contributed by atoms with Crippen LogP contribution < -0.4 is 9.47 Å². The number of nitrogens with zero attached hydrogens (tertiary/aromatic N) is 2. The summed E-state index contributed by atoms with van der Waals surface area (Å²) < 4.78 is 29.6. The Morgan fingerprint density at radius 2 is 1.96 bits per heavy atom. The lowest BCUT2D eigenvalue weighted by Gasteiger charge is -2.10. The number of thioether (sulfide) groups is 1. The van der Waals surface area contributed by atoms with E-state index >= 15 is 0 Å². The van der Waals surface area contributed by atoms with Gasteiger partial charge in [0.1, 0.15) is 17.3 Å². The number of benzene rings is 2. The zero-order valence-corrected chi connectivity index (χ0v) is 16.5. The second kappa shape index (κ2) is 8.88. The molecule has 1 aromatic heterocycles. The molecule has 0 bridgehead atoms. The van der Waals surface area contributed by atoms with Crippen molar-refractivity contribution in [1.29, 1.82) is 0 Å². The molecule has 0 amide bonds. The molecule has 8 heteroatoms. The van der Waals surface area contributed by atoms with Crippen LogP contribution in [0.1, 0.15) is 41.8 Å². The summed E-state index contributed by atoms with van der Waals surface area (Å²) in [5.41, 5.74) is 1.47. The van der Waals surface area contributed by atoms with Crippen LogP contribution >= 0.6 is 11.8 Å². The fourth-order valence-corrected chi connectivity index (χ4v) is 3.21. The summed E-state index contributed by atoms with van der Waals surface area (Å²) in [6.07, 6.45) is -0.483. The number of methoxy groups -OCH3 is 1. The van der Waals surface area contributed by atoms with E-state index in [1.807, 2.05) is 0 Å². The summed E-state index contributed by atoms with van der Waals surface area (Å²) in [7, 11) is 1.58. The molecule has 0 aliphatic rings. The summed E-state index contributed by atoms with van der Waals surface area (Å²) in [6.45, 7) is 3.29. The SMILES string of the molecule is COc1ccc(C(C)=O)cc1CSc1nnc([C@H](C)Oc2ccc(F)cc2)o1. The van der Waals surface area contributed by atoms with Gasteiger partial charge in [-0.25, -0.2) is 4.39 Å². The van der Waals surface area contributed by atoms with Crippen LogP contribution in [0.25, 0.3) is 0 Å². The smallest absolute Gasteiger partial charge is 0.277 e. The highest BCUT2D eigenvalue weighted by molar-refractivity contribution is 7.98. The average Bonchev–Trinajstić information content (AvgIpc) is 3.17. The predicted molar refractivity (Wildman–Crippen MR) is 102 cm³/mol. The minimum atomic E-state index is -0.483. The van der Waals surface area contributed by atoms with Crippen LogP contribution in [0, 0.1) is 5.82 Å². The van der Waals surface area contributed by atoms with Crippen molar-refractivity contribution < 1.29 is 23.1 Å². The molecule has 0 fully saturated rings. The maximum absolute atomic E-state index is 13.0. The molecule has 0 spiro atoms. The molecular formula is C20H19FN2O4S. The molecule has 2 aromatic carbocycles. The molecule has 3 rings (SSSR count). The van der Waals surface area contributed by atoms with Gasteiger partial charge < -0.3 is 13.9 Å². The molecule has 0 aliphatic heterocycles. The maximum atomic E-state index is 13.0. The maximum Gasteiger partial charge on any atom is 0.277 e. The van der Waals surface area contributed by atoms with E-state index in [0.717, 1.165) is 5.56 Å². The third-order valence-electron chi connectivity index (χ3n) is 3.93. The Labute approximate surface area is 166 Å². The molecule has 0 aliphatic carbocycles. The number of ketones is 1. The van der Waals surface area contributed by atoms with Crippen molar-refractivity contribution in [3.8, 4) is 11.5 Å². The van der Waals surface area contributed by atoms with E-state index in [-0.39, 0.29) is 11.6 Å². The molecular weight excluding hydrogens is 383 g/mol. The van der Waals surface area contributed by atoms with Crippen LogP contribution in [0.3, 0.4) is 0 Å². The minimum Gasteiger partial charge on any atom is -0.496 e. The van der Waals surface area contributed by atoms with Crippen LogP contribution in [0.4, 0.5) is 4.39 Å². The zero-order valence-electron chi connectivity index (χ0n) is 15.6. The Kier molecular flexibility index (Phi) is 6.30. The molecule has 0 radical (unpaired) electrons. The first kappa shape index (κ1) is 19.9. The predicted octanol–water partition coefficient (Wildman–Crippen LogP) is 4.85. The van der Waals surface area contributed by atoms with Crippen molar-refractivity contribution in [3.05, 3.63) is 65.3 Å².